The molecule has 0 aliphatic heterocycles. The first kappa shape index (κ1) is 6.10. The molecule has 0 saturated carbocycles. The van der Waals surface area contributed by atoms with Gasteiger partial charge in [-0.25, -0.2) is 8.78 Å². The third-order valence-corrected chi connectivity index (χ3v) is 2.38. The maximum Gasteiger partial charge on any atom is 0.259 e. The zero-order valence-corrected chi connectivity index (χ0v) is 9.16. The quantitative estimate of drug-likeness (QED) is 0.773. The molecule has 3 rings (SSSR count). The molecule has 0 amide bonds. The van der Waals surface area contributed by atoms with E-state index in [1.807, 2.05) is 0 Å². The molecule has 0 aliphatic carbocycles. The highest BCUT2D eigenvalue weighted by Gasteiger charge is 2.12. The minimum atomic E-state index is -3.12. The Labute approximate surface area is 116 Å². The Hall–Kier alpha value is -2.50. The third kappa shape index (κ3) is 1.91. The summed E-state index contributed by atoms with van der Waals surface area (Å²) in [6, 6.07) is -3.85. The molecule has 3 aromatic rings. The molecule has 2 aromatic heterocycles. The summed E-state index contributed by atoms with van der Waals surface area (Å²) in [6.45, 7) is -3.12. The molecule has 19 heavy (non-hydrogen) atoms. The molecule has 0 bridgehead atoms. The maximum atomic E-state index is 14.4. The maximum absolute atomic E-state index is 14.4. The van der Waals surface area contributed by atoms with Crippen LogP contribution in [-0.4, -0.2) is 14.8 Å². The van der Waals surface area contributed by atoms with Crippen molar-refractivity contribution in [1.82, 2.24) is 14.8 Å². The summed E-state index contributed by atoms with van der Waals surface area (Å²) in [6.07, 6.45) is 1.63. The summed E-state index contributed by atoms with van der Waals surface area (Å²) in [5, 5.41) is 3.28. The molecule has 6 heteroatoms. The van der Waals surface area contributed by atoms with E-state index >= 15 is 0 Å². The average molecular weight is 268 g/mol. The van der Waals surface area contributed by atoms with Gasteiger partial charge in [-0.05, 0) is 18.1 Å². The van der Waals surface area contributed by atoms with E-state index in [2.05, 4.69) is 5.10 Å². The van der Waals surface area contributed by atoms with Crippen molar-refractivity contribution in [2.24, 2.45) is 0 Å². The minimum absolute atomic E-state index is 0.313. The van der Waals surface area contributed by atoms with E-state index in [9.17, 15) is 13.6 Å². The van der Waals surface area contributed by atoms with Gasteiger partial charge in [-0.3, -0.25) is 9.48 Å². The van der Waals surface area contributed by atoms with E-state index in [-0.39, 0.29) is 5.39 Å². The number of aromatic amines is 1. The van der Waals surface area contributed by atoms with Gasteiger partial charge in [0.25, 0.3) is 5.56 Å². The molecule has 0 unspecified atom stereocenters. The number of pyridine rings is 1. The van der Waals surface area contributed by atoms with Gasteiger partial charge in [0, 0.05) is 11.8 Å². The van der Waals surface area contributed by atoms with Crippen molar-refractivity contribution in [3.8, 4) is 0 Å². The van der Waals surface area contributed by atoms with Crippen molar-refractivity contribution >= 4 is 10.9 Å². The van der Waals surface area contributed by atoms with Crippen molar-refractivity contribution < 1.29 is 18.4 Å². The number of aromatic nitrogens is 3. The van der Waals surface area contributed by atoms with Crippen LogP contribution in [-0.2, 0) is 6.50 Å². The topological polar surface area (TPSA) is 50.7 Å². The molecule has 96 valence electrons. The second-order valence-electron chi connectivity index (χ2n) is 3.52. The number of H-pyrrole nitrogens is 1. The first-order chi connectivity index (χ1) is 12.0. The molecular formula is C13H9F2N3O. The fraction of sp³-hybridized carbons (Fsp3) is 0.0769. The molecule has 1 N–H and O–H groups in total. The molecule has 0 spiro atoms. The predicted molar refractivity (Wildman–Crippen MR) is 65.8 cm³/mol. The normalized spacial score (nSPS) is 17.1. The fourth-order valence-electron chi connectivity index (χ4n) is 1.52. The minimum Gasteiger partial charge on any atom is -0.328 e. The zero-order valence-electron chi connectivity index (χ0n) is 16.2. The van der Waals surface area contributed by atoms with Crippen molar-refractivity contribution in [2.75, 3.05) is 0 Å². The van der Waals surface area contributed by atoms with Crippen LogP contribution < -0.4 is 5.56 Å². The summed E-state index contributed by atoms with van der Waals surface area (Å²) in [7, 11) is 0. The highest BCUT2D eigenvalue weighted by molar-refractivity contribution is 5.77. The molecule has 0 fully saturated rings. The molecule has 1 aromatic carbocycles. The van der Waals surface area contributed by atoms with Crippen LogP contribution >= 0.6 is 0 Å². The van der Waals surface area contributed by atoms with Gasteiger partial charge >= 0.3 is 0 Å². The second-order valence-corrected chi connectivity index (χ2v) is 3.52. The van der Waals surface area contributed by atoms with Crippen molar-refractivity contribution in [1.29, 1.82) is 0 Å². The molecule has 4 nitrogen and oxygen atoms in total. The first-order valence-corrected chi connectivity index (χ1v) is 5.05. The monoisotopic (exact) mass is 268 g/mol. The smallest absolute Gasteiger partial charge is 0.259 e. The van der Waals surface area contributed by atoms with Crippen molar-refractivity contribution in [3.05, 3.63) is 64.1 Å². The molecule has 0 radical (unpaired) electrons. The van der Waals surface area contributed by atoms with E-state index in [1.165, 1.54) is 0 Å². The van der Waals surface area contributed by atoms with Gasteiger partial charge in [0.2, 0.25) is 0 Å². The van der Waals surface area contributed by atoms with Crippen molar-refractivity contribution in [2.45, 2.75) is 6.50 Å². The van der Waals surface area contributed by atoms with E-state index in [0.29, 0.717) is 9.66 Å². The Balaban J connectivity index is 2.41. The molecular weight excluding hydrogens is 252 g/mol. The fourth-order valence-corrected chi connectivity index (χ4v) is 1.52. The number of fused-ring (bicyclic) bond motifs is 1. The highest BCUT2D eigenvalue weighted by Crippen LogP contribution is 2.16. The van der Waals surface area contributed by atoms with Crippen LogP contribution in [0, 0.1) is 11.6 Å². The predicted octanol–water partition coefficient (Wildman–Crippen LogP) is 2.05. The van der Waals surface area contributed by atoms with Gasteiger partial charge in [0.1, 0.15) is 11.6 Å². The summed E-state index contributed by atoms with van der Waals surface area (Å²) >= 11 is 0. The first-order valence-electron chi connectivity index (χ1n) is 8.49. The van der Waals surface area contributed by atoms with Gasteiger partial charge in [-0.15, -0.1) is 0 Å². The number of nitrogens with zero attached hydrogens (tertiary/aromatic N) is 2. The Bertz CT molecular complexity index is 1100. The Morgan fingerprint density at radius 1 is 1.42 bits per heavy atom. The number of halogens is 2. The number of hydrogen-bond acceptors (Lipinski definition) is 2. The number of rotatable bonds is 2. The Morgan fingerprint density at radius 2 is 2.16 bits per heavy atom. The highest BCUT2D eigenvalue weighted by atomic mass is 19.1. The van der Waals surface area contributed by atoms with Crippen LogP contribution in [0.2, 0.25) is 1.41 Å². The molecule has 2 heterocycles. The molecule has 0 aliphatic rings. The Kier molecular flexibility index (Phi) is 1.38. The summed E-state index contributed by atoms with van der Waals surface area (Å²) in [5.41, 5.74) is -2.65. The lowest BCUT2D eigenvalue weighted by Crippen LogP contribution is -2.08. The van der Waals surface area contributed by atoms with E-state index in [4.69, 9.17) is 9.64 Å². The van der Waals surface area contributed by atoms with Crippen molar-refractivity contribution in [3.63, 3.8) is 0 Å². The standard InChI is InChI=1S/C13H9F2N3O/c14-10-2-1-3-11(15)9(10)7-18-12-4-5-16-13(19)8(12)6-17-18/h1-6H,7H2,(H,16,19)/i1D,2D,3D,4D,7D2/hD. The molecule has 0 saturated heterocycles. The second kappa shape index (κ2) is 4.31. The number of hydrogen-bond donors (Lipinski definition) is 1. The number of nitrogens with one attached hydrogen (secondary N) is 1. The van der Waals surface area contributed by atoms with Gasteiger partial charge in [0.05, 0.1) is 31.8 Å². The van der Waals surface area contributed by atoms with Gasteiger partial charge in [0.15, 0.2) is 1.41 Å². The van der Waals surface area contributed by atoms with Gasteiger partial charge in [-0.1, -0.05) is 6.04 Å². The lowest BCUT2D eigenvalue weighted by Gasteiger charge is -2.06. The van der Waals surface area contributed by atoms with Crippen LogP contribution in [0.25, 0.3) is 10.9 Å². The zero-order chi connectivity index (χ0) is 19.5. The van der Waals surface area contributed by atoms with E-state index in [0.717, 1.165) is 12.4 Å². The van der Waals surface area contributed by atoms with E-state index < -0.39 is 58.9 Å². The lowest BCUT2D eigenvalue weighted by atomic mass is 10.2. The van der Waals surface area contributed by atoms with Crippen LogP contribution in [0.1, 0.15) is 13.8 Å². The average Bonchev–Trinajstić information content (AvgIpc) is 3.03. The third-order valence-electron chi connectivity index (χ3n) is 2.38. The largest absolute Gasteiger partial charge is 0.328 e. The van der Waals surface area contributed by atoms with E-state index in [1.54, 1.807) is 0 Å². The number of benzene rings is 1. The SMILES string of the molecule is [2H]c1c([2H])c(F)c(C([2H])([2H])n2ncc3c(=O)n([2H])cc([2H])c32)c(F)c1[2H]. The summed E-state index contributed by atoms with van der Waals surface area (Å²) in [5.74, 6) is -3.37. The van der Waals surface area contributed by atoms with Gasteiger partial charge in [-0.2, -0.15) is 5.10 Å². The van der Waals surface area contributed by atoms with Crippen LogP contribution in [0.4, 0.5) is 8.78 Å². The van der Waals surface area contributed by atoms with Gasteiger partial charge < -0.3 is 4.98 Å². The molecule has 0 atom stereocenters. The van der Waals surface area contributed by atoms with Crippen LogP contribution in [0.3, 0.4) is 0 Å². The Morgan fingerprint density at radius 3 is 2.89 bits per heavy atom. The summed E-state index contributed by atoms with van der Waals surface area (Å²) < 4.78 is 82.7. The lowest BCUT2D eigenvalue weighted by molar-refractivity contribution is 0.537. The van der Waals surface area contributed by atoms with Crippen LogP contribution in [0.5, 0.6) is 0 Å². The summed E-state index contributed by atoms with van der Waals surface area (Å²) in [4.78, 5) is 12.3. The van der Waals surface area contributed by atoms with Crippen LogP contribution in [0.15, 0.2) is 41.4 Å².